The van der Waals surface area contributed by atoms with E-state index in [-0.39, 0.29) is 12.3 Å². The molecule has 0 saturated heterocycles. The number of hydrogen-bond acceptors (Lipinski definition) is 4. The molecule has 0 radical (unpaired) electrons. The fraction of sp³-hybridized carbons (Fsp3) is 0.611. The van der Waals surface area contributed by atoms with Crippen LogP contribution in [0.15, 0.2) is 17.0 Å². The van der Waals surface area contributed by atoms with Crippen molar-refractivity contribution < 1.29 is 9.53 Å². The maximum atomic E-state index is 12.2. The van der Waals surface area contributed by atoms with E-state index in [2.05, 4.69) is 29.3 Å². The topological polar surface area (TPSA) is 41.6 Å². The molecular formula is C18H26N2O2S. The van der Waals surface area contributed by atoms with E-state index in [4.69, 9.17) is 4.74 Å². The number of benzene rings is 1. The normalized spacial score (nSPS) is 17.7. The largest absolute Gasteiger partial charge is 0.444 e. The smallest absolute Gasteiger partial charge is 0.409 e. The number of nitrogens with zero attached hydrogens (tertiary/aromatic N) is 1. The molecule has 3 rings (SSSR count). The van der Waals surface area contributed by atoms with Crippen molar-refractivity contribution in [1.82, 2.24) is 5.32 Å². The molecule has 0 fully saturated rings. The molecule has 2 aliphatic heterocycles. The van der Waals surface area contributed by atoms with Crippen molar-refractivity contribution in [3.63, 3.8) is 0 Å². The predicted molar refractivity (Wildman–Crippen MR) is 95.4 cm³/mol. The highest BCUT2D eigenvalue weighted by Gasteiger charge is 2.31. The van der Waals surface area contributed by atoms with Gasteiger partial charge in [0, 0.05) is 22.9 Å². The number of anilines is 1. The third kappa shape index (κ3) is 3.44. The Bertz CT molecular complexity index is 610. The minimum atomic E-state index is -0.469. The van der Waals surface area contributed by atoms with E-state index in [0.717, 1.165) is 31.6 Å². The van der Waals surface area contributed by atoms with E-state index in [9.17, 15) is 4.79 Å². The van der Waals surface area contributed by atoms with E-state index in [1.165, 1.54) is 21.7 Å². The van der Waals surface area contributed by atoms with E-state index in [1.54, 1.807) is 0 Å². The summed E-state index contributed by atoms with van der Waals surface area (Å²) in [5.41, 5.74) is 3.77. The highest BCUT2D eigenvalue weighted by atomic mass is 32.2. The molecule has 126 valence electrons. The van der Waals surface area contributed by atoms with Crippen molar-refractivity contribution in [2.24, 2.45) is 0 Å². The monoisotopic (exact) mass is 334 g/mol. The number of carbonyl (C=O) groups excluding carboxylic acids is 1. The van der Waals surface area contributed by atoms with Gasteiger partial charge in [0.2, 0.25) is 0 Å². The molecule has 0 aliphatic carbocycles. The molecule has 0 bridgehead atoms. The number of amides is 1. The van der Waals surface area contributed by atoms with Crippen molar-refractivity contribution >= 4 is 23.5 Å². The van der Waals surface area contributed by atoms with E-state index < -0.39 is 5.60 Å². The highest BCUT2D eigenvalue weighted by Crippen LogP contribution is 2.43. The molecule has 1 N–H and O–H groups in total. The Labute approximate surface area is 143 Å². The maximum Gasteiger partial charge on any atom is 0.409 e. The molecule has 0 unspecified atom stereocenters. The molecule has 1 aromatic carbocycles. The number of nitrogens with one attached hydrogen (secondary N) is 1. The minimum Gasteiger partial charge on any atom is -0.444 e. The van der Waals surface area contributed by atoms with Gasteiger partial charge >= 0.3 is 6.09 Å². The van der Waals surface area contributed by atoms with Crippen LogP contribution in [0.1, 0.15) is 45.2 Å². The van der Waals surface area contributed by atoms with Crippen LogP contribution in [-0.2, 0) is 17.6 Å². The minimum absolute atomic E-state index is 0.0109. The highest BCUT2D eigenvalue weighted by molar-refractivity contribution is 7.99. The maximum absolute atomic E-state index is 12.2. The average Bonchev–Trinajstić information content (AvgIpc) is 3.08. The van der Waals surface area contributed by atoms with Crippen molar-refractivity contribution in [2.75, 3.05) is 17.2 Å². The van der Waals surface area contributed by atoms with Gasteiger partial charge in [-0.2, -0.15) is 0 Å². The first-order chi connectivity index (χ1) is 10.9. The second kappa shape index (κ2) is 6.27. The molecule has 1 amide bonds. The summed E-state index contributed by atoms with van der Waals surface area (Å²) in [6.07, 6.45) is 2.70. The zero-order valence-corrected chi connectivity index (χ0v) is 15.3. The van der Waals surface area contributed by atoms with Crippen LogP contribution in [0.2, 0.25) is 0 Å². The van der Waals surface area contributed by atoms with Gasteiger partial charge in [0.15, 0.2) is 0 Å². The lowest BCUT2D eigenvalue weighted by molar-refractivity contribution is 0.0502. The molecule has 23 heavy (non-hydrogen) atoms. The second-order valence-electron chi connectivity index (χ2n) is 7.16. The lowest BCUT2D eigenvalue weighted by Gasteiger charge is -2.32. The van der Waals surface area contributed by atoms with Gasteiger partial charge in [-0.3, -0.25) is 0 Å². The van der Waals surface area contributed by atoms with Gasteiger partial charge < -0.3 is 15.0 Å². The SMILES string of the molecule is CC[C@@H](NC(=O)OC(C)(C)C)N1CCc2ccc3c(c21)CCS3. The molecule has 1 aromatic rings. The van der Waals surface area contributed by atoms with Crippen LogP contribution in [0.5, 0.6) is 0 Å². The molecule has 5 heteroatoms. The number of carbonyl (C=O) groups is 1. The zero-order valence-electron chi connectivity index (χ0n) is 14.4. The summed E-state index contributed by atoms with van der Waals surface area (Å²) in [7, 11) is 0. The fourth-order valence-electron chi connectivity index (χ4n) is 3.37. The van der Waals surface area contributed by atoms with Crippen LogP contribution in [0.4, 0.5) is 10.5 Å². The Kier molecular flexibility index (Phi) is 4.50. The van der Waals surface area contributed by atoms with Crippen LogP contribution in [-0.4, -0.2) is 30.2 Å². The Hall–Kier alpha value is -1.36. The Morgan fingerprint density at radius 3 is 2.87 bits per heavy atom. The summed E-state index contributed by atoms with van der Waals surface area (Å²) in [6.45, 7) is 8.75. The Balaban J connectivity index is 1.80. The molecule has 0 spiro atoms. The number of ether oxygens (including phenoxy) is 1. The average molecular weight is 334 g/mol. The number of alkyl carbamates (subject to hydrolysis) is 1. The summed E-state index contributed by atoms with van der Waals surface area (Å²) in [4.78, 5) is 15.9. The van der Waals surface area contributed by atoms with Crippen LogP contribution >= 0.6 is 11.8 Å². The summed E-state index contributed by atoms with van der Waals surface area (Å²) < 4.78 is 5.43. The third-order valence-electron chi connectivity index (χ3n) is 4.29. The lowest BCUT2D eigenvalue weighted by atomic mass is 10.1. The lowest BCUT2D eigenvalue weighted by Crippen LogP contribution is -2.49. The molecule has 0 saturated carbocycles. The third-order valence-corrected chi connectivity index (χ3v) is 5.39. The van der Waals surface area contributed by atoms with Gasteiger partial charge in [-0.1, -0.05) is 13.0 Å². The van der Waals surface area contributed by atoms with Gasteiger partial charge in [-0.15, -0.1) is 11.8 Å². The zero-order chi connectivity index (χ0) is 16.6. The second-order valence-corrected chi connectivity index (χ2v) is 8.30. The van der Waals surface area contributed by atoms with Gasteiger partial charge in [-0.05, 0) is 57.2 Å². The van der Waals surface area contributed by atoms with E-state index in [0.29, 0.717) is 0 Å². The number of hydrogen-bond donors (Lipinski definition) is 1. The van der Waals surface area contributed by atoms with Crippen molar-refractivity contribution in [3.8, 4) is 0 Å². The molecular weight excluding hydrogens is 308 g/mol. The quantitative estimate of drug-likeness (QED) is 0.908. The molecule has 4 nitrogen and oxygen atoms in total. The first kappa shape index (κ1) is 16.5. The van der Waals surface area contributed by atoms with Gasteiger partial charge in [0.25, 0.3) is 0 Å². The van der Waals surface area contributed by atoms with Gasteiger partial charge in [0.05, 0.1) is 0 Å². The predicted octanol–water partition coefficient (Wildman–Crippen LogP) is 3.96. The Morgan fingerprint density at radius 2 is 2.17 bits per heavy atom. The standard InChI is InChI=1S/C18H26N2O2S/c1-5-15(19-17(21)22-18(2,3)4)20-10-8-12-6-7-14-13(16(12)20)9-11-23-14/h6-7,15H,5,8-11H2,1-4H3,(H,19,21)/t15-/m0/s1. The first-order valence-corrected chi connectivity index (χ1v) is 9.41. The molecule has 1 atom stereocenters. The van der Waals surface area contributed by atoms with Crippen molar-refractivity contribution in [2.45, 2.75) is 63.6 Å². The molecule has 0 aromatic heterocycles. The van der Waals surface area contributed by atoms with E-state index in [1.807, 2.05) is 32.5 Å². The first-order valence-electron chi connectivity index (χ1n) is 8.43. The van der Waals surface area contributed by atoms with E-state index >= 15 is 0 Å². The number of rotatable bonds is 3. The van der Waals surface area contributed by atoms with Crippen molar-refractivity contribution in [3.05, 3.63) is 23.3 Å². The van der Waals surface area contributed by atoms with Gasteiger partial charge in [0.1, 0.15) is 11.8 Å². The number of thioether (sulfide) groups is 1. The van der Waals surface area contributed by atoms with Crippen LogP contribution in [0.25, 0.3) is 0 Å². The van der Waals surface area contributed by atoms with Gasteiger partial charge in [-0.25, -0.2) is 4.79 Å². The Morgan fingerprint density at radius 1 is 1.39 bits per heavy atom. The molecule has 2 aliphatic rings. The summed E-state index contributed by atoms with van der Waals surface area (Å²) >= 11 is 1.94. The van der Waals surface area contributed by atoms with Crippen LogP contribution in [0.3, 0.4) is 0 Å². The van der Waals surface area contributed by atoms with Crippen molar-refractivity contribution in [1.29, 1.82) is 0 Å². The van der Waals surface area contributed by atoms with Crippen LogP contribution in [0, 0.1) is 0 Å². The fourth-order valence-corrected chi connectivity index (χ4v) is 4.44. The van der Waals surface area contributed by atoms with Crippen LogP contribution < -0.4 is 10.2 Å². The summed E-state index contributed by atoms with van der Waals surface area (Å²) in [5.74, 6) is 1.16. The molecule has 2 heterocycles. The summed E-state index contributed by atoms with van der Waals surface area (Å²) in [5, 5.41) is 3.06. The summed E-state index contributed by atoms with van der Waals surface area (Å²) in [6, 6.07) is 4.52. The number of fused-ring (bicyclic) bond motifs is 3.